The molecule has 0 saturated carbocycles. The van der Waals surface area contributed by atoms with E-state index in [2.05, 4.69) is 10.00 Å². The number of amides is 2. The summed E-state index contributed by atoms with van der Waals surface area (Å²) in [6.45, 7) is 3.24. The van der Waals surface area contributed by atoms with E-state index in [0.717, 1.165) is 21.5 Å². The number of hydrogen-bond donors (Lipinski definition) is 0. The zero-order chi connectivity index (χ0) is 29.0. The Balaban J connectivity index is 1.33. The molecule has 214 valence electrons. The number of benzene rings is 2. The van der Waals surface area contributed by atoms with Crippen molar-refractivity contribution in [2.45, 2.75) is 32.8 Å². The summed E-state index contributed by atoms with van der Waals surface area (Å²) < 4.78 is 45.7. The van der Waals surface area contributed by atoms with Crippen LogP contribution in [0.2, 0.25) is 10.0 Å². The molecule has 1 aromatic heterocycles. The maximum absolute atomic E-state index is 13.1. The number of hydrogen-bond acceptors (Lipinski definition) is 5. The van der Waals surface area contributed by atoms with Crippen molar-refractivity contribution in [3.05, 3.63) is 81.1 Å². The van der Waals surface area contributed by atoms with E-state index in [1.54, 1.807) is 18.0 Å². The van der Waals surface area contributed by atoms with E-state index < -0.39 is 23.0 Å². The monoisotopic (exact) mass is 597 g/mol. The second-order valence-corrected chi connectivity index (χ2v) is 10.2. The van der Waals surface area contributed by atoms with Crippen molar-refractivity contribution in [3.63, 3.8) is 0 Å². The highest BCUT2D eigenvalue weighted by molar-refractivity contribution is 6.32. The molecule has 40 heavy (non-hydrogen) atoms. The molecule has 1 aliphatic rings. The van der Waals surface area contributed by atoms with E-state index >= 15 is 0 Å². The van der Waals surface area contributed by atoms with E-state index in [4.69, 9.17) is 27.9 Å². The van der Waals surface area contributed by atoms with Crippen LogP contribution < -0.4 is 4.90 Å². The molecule has 0 bridgehead atoms. The van der Waals surface area contributed by atoms with Crippen LogP contribution in [0.4, 0.5) is 23.7 Å². The largest absolute Gasteiger partial charge is 0.445 e. The van der Waals surface area contributed by atoms with Crippen molar-refractivity contribution >= 4 is 40.9 Å². The normalized spacial score (nSPS) is 13.9. The van der Waals surface area contributed by atoms with Crippen LogP contribution in [0.1, 0.15) is 22.5 Å². The van der Waals surface area contributed by atoms with Crippen molar-refractivity contribution < 1.29 is 27.5 Å². The van der Waals surface area contributed by atoms with Gasteiger partial charge in [0.2, 0.25) is 5.91 Å². The molecule has 0 unspecified atom stereocenters. The summed E-state index contributed by atoms with van der Waals surface area (Å²) >= 11 is 12.2. The Kier molecular flexibility index (Phi) is 9.15. The van der Waals surface area contributed by atoms with Gasteiger partial charge in [0, 0.05) is 43.9 Å². The minimum atomic E-state index is -4.70. The van der Waals surface area contributed by atoms with Gasteiger partial charge >= 0.3 is 12.3 Å². The molecule has 2 aromatic carbocycles. The molecule has 2 heterocycles. The van der Waals surface area contributed by atoms with E-state index in [-0.39, 0.29) is 31.3 Å². The van der Waals surface area contributed by atoms with Gasteiger partial charge in [-0.25, -0.2) is 4.79 Å². The maximum atomic E-state index is 13.1. The molecule has 0 atom stereocenters. The predicted octanol–water partition coefficient (Wildman–Crippen LogP) is 5.63. The fourth-order valence-electron chi connectivity index (χ4n) is 4.33. The highest BCUT2D eigenvalue weighted by atomic mass is 35.5. The third-order valence-corrected chi connectivity index (χ3v) is 7.46. The predicted molar refractivity (Wildman–Crippen MR) is 145 cm³/mol. The summed E-state index contributed by atoms with van der Waals surface area (Å²) in [6.07, 6.45) is -5.18. The van der Waals surface area contributed by atoms with Gasteiger partial charge in [-0.05, 0) is 36.2 Å². The van der Waals surface area contributed by atoms with Gasteiger partial charge < -0.3 is 19.4 Å². The van der Waals surface area contributed by atoms with Crippen LogP contribution >= 0.6 is 23.2 Å². The number of halogens is 5. The average Bonchev–Trinajstić information content (AvgIpc) is 3.22. The Labute approximate surface area is 239 Å². The van der Waals surface area contributed by atoms with Gasteiger partial charge in [-0.1, -0.05) is 53.5 Å². The first-order valence-corrected chi connectivity index (χ1v) is 13.2. The third kappa shape index (κ3) is 7.00. The molecule has 0 radical (unpaired) electrons. The van der Waals surface area contributed by atoms with Crippen molar-refractivity contribution in [2.75, 3.05) is 38.1 Å². The molecule has 1 fully saturated rings. The number of nitrogens with zero attached hydrogens (tertiary/aromatic N) is 5. The second-order valence-electron chi connectivity index (χ2n) is 9.44. The van der Waals surface area contributed by atoms with Crippen LogP contribution in [0, 0.1) is 6.92 Å². The Bertz CT molecular complexity index is 1360. The summed E-state index contributed by atoms with van der Waals surface area (Å²) in [6, 6.07) is 14.9. The molecular weight excluding hydrogens is 570 g/mol. The number of ether oxygens (including phenoxy) is 1. The van der Waals surface area contributed by atoms with Gasteiger partial charge in [0.05, 0.1) is 17.3 Å². The Morgan fingerprint density at radius 3 is 2.35 bits per heavy atom. The fraction of sp³-hybridized carbons (Fsp3) is 0.370. The number of rotatable bonds is 7. The Morgan fingerprint density at radius 2 is 1.73 bits per heavy atom. The molecule has 8 nitrogen and oxygen atoms in total. The lowest BCUT2D eigenvalue weighted by Crippen LogP contribution is -2.49. The van der Waals surface area contributed by atoms with Crippen molar-refractivity contribution in [3.8, 4) is 0 Å². The molecule has 0 aliphatic carbocycles. The molecular formula is C27H28Cl2F3N5O3. The Hall–Kier alpha value is -3.44. The lowest BCUT2D eigenvalue weighted by atomic mass is 10.1. The molecule has 0 N–H and O–H groups in total. The number of anilines is 1. The van der Waals surface area contributed by atoms with E-state index in [1.165, 1.54) is 11.8 Å². The summed E-state index contributed by atoms with van der Waals surface area (Å²) in [5, 5.41) is 3.52. The first-order chi connectivity index (χ1) is 18.9. The lowest BCUT2D eigenvalue weighted by Gasteiger charge is -2.36. The lowest BCUT2D eigenvalue weighted by molar-refractivity contribution is -0.142. The summed E-state index contributed by atoms with van der Waals surface area (Å²) in [5.41, 5.74) is 1.39. The van der Waals surface area contributed by atoms with Crippen LogP contribution in [0.3, 0.4) is 0 Å². The number of carbonyl (C=O) groups is 2. The van der Waals surface area contributed by atoms with Crippen LogP contribution in [0.25, 0.3) is 0 Å². The standard InChI is InChI=1S/C27H28Cl2F3N5O3/c1-18-24(29)25(27(30,31)32)33-37(18)16-23(38)36-12-10-35(11-13-36)21-8-9-22(28)20(14-21)15-34(2)26(39)40-17-19-6-4-3-5-7-19/h3-9,14H,10-13,15-17H2,1-2H3. The smallest absolute Gasteiger partial charge is 0.436 e. The zero-order valence-corrected chi connectivity index (χ0v) is 23.4. The first-order valence-electron chi connectivity index (χ1n) is 12.5. The van der Waals surface area contributed by atoms with Crippen LogP contribution in [0.5, 0.6) is 0 Å². The average molecular weight is 598 g/mol. The topological polar surface area (TPSA) is 70.9 Å². The highest BCUT2D eigenvalue weighted by Gasteiger charge is 2.38. The first kappa shape index (κ1) is 29.5. The van der Waals surface area contributed by atoms with Crippen LogP contribution in [-0.2, 0) is 35.4 Å². The van der Waals surface area contributed by atoms with Crippen LogP contribution in [-0.4, -0.2) is 64.8 Å². The van der Waals surface area contributed by atoms with E-state index in [0.29, 0.717) is 31.2 Å². The van der Waals surface area contributed by atoms with E-state index in [1.807, 2.05) is 42.5 Å². The fourth-order valence-corrected chi connectivity index (χ4v) is 4.75. The summed E-state index contributed by atoms with van der Waals surface area (Å²) in [4.78, 5) is 30.4. The van der Waals surface area contributed by atoms with Gasteiger partial charge in [0.25, 0.3) is 0 Å². The molecule has 2 amide bonds. The van der Waals surface area contributed by atoms with Gasteiger partial charge in [-0.2, -0.15) is 18.3 Å². The minimum absolute atomic E-state index is 0.0867. The minimum Gasteiger partial charge on any atom is -0.445 e. The molecule has 1 saturated heterocycles. The van der Waals surface area contributed by atoms with E-state index in [9.17, 15) is 22.8 Å². The highest BCUT2D eigenvalue weighted by Crippen LogP contribution is 2.35. The zero-order valence-electron chi connectivity index (χ0n) is 21.9. The Morgan fingerprint density at radius 1 is 1.05 bits per heavy atom. The van der Waals surface area contributed by atoms with Gasteiger partial charge in [0.15, 0.2) is 5.69 Å². The SMILES string of the molecule is Cc1c(Cl)c(C(F)(F)F)nn1CC(=O)N1CCN(c2ccc(Cl)c(CN(C)C(=O)OCc3ccccc3)c2)CC1. The summed E-state index contributed by atoms with van der Waals surface area (Å²) in [7, 11) is 1.63. The maximum Gasteiger partial charge on any atom is 0.436 e. The number of piperazine rings is 1. The molecule has 4 rings (SSSR count). The molecule has 1 aliphatic heterocycles. The quantitative estimate of drug-likeness (QED) is 0.353. The third-order valence-electron chi connectivity index (χ3n) is 6.64. The number of carbonyl (C=O) groups excluding carboxylic acids is 2. The molecule has 13 heteroatoms. The van der Waals surface area contributed by atoms with Gasteiger partial charge in [-0.3, -0.25) is 9.48 Å². The van der Waals surface area contributed by atoms with Gasteiger partial charge in [0.1, 0.15) is 13.2 Å². The van der Waals surface area contributed by atoms with Gasteiger partial charge in [-0.15, -0.1) is 0 Å². The van der Waals surface area contributed by atoms with Crippen LogP contribution in [0.15, 0.2) is 48.5 Å². The van der Waals surface area contributed by atoms with Crippen molar-refractivity contribution in [1.82, 2.24) is 19.6 Å². The second kappa shape index (κ2) is 12.4. The number of aromatic nitrogens is 2. The summed E-state index contributed by atoms with van der Waals surface area (Å²) in [5.74, 6) is -0.344. The number of alkyl halides is 3. The molecule has 3 aromatic rings. The van der Waals surface area contributed by atoms with Crippen molar-refractivity contribution in [2.24, 2.45) is 0 Å². The molecule has 0 spiro atoms. The van der Waals surface area contributed by atoms with Crippen molar-refractivity contribution in [1.29, 1.82) is 0 Å².